The first kappa shape index (κ1) is 27.9. The molecule has 36 heavy (non-hydrogen) atoms. The van der Waals surface area contributed by atoms with Gasteiger partial charge in [0.05, 0.1) is 17.7 Å². The fourth-order valence-corrected chi connectivity index (χ4v) is 4.08. The predicted octanol–water partition coefficient (Wildman–Crippen LogP) is 5.73. The molecule has 1 heterocycles. The van der Waals surface area contributed by atoms with E-state index in [0.29, 0.717) is 36.3 Å². The lowest BCUT2D eigenvalue weighted by Gasteiger charge is -2.28. The van der Waals surface area contributed by atoms with Crippen molar-refractivity contribution < 1.29 is 35.7 Å². The van der Waals surface area contributed by atoms with Gasteiger partial charge in [-0.3, -0.25) is 4.79 Å². The van der Waals surface area contributed by atoms with Crippen molar-refractivity contribution in [3.05, 3.63) is 46.6 Å². The second kappa shape index (κ2) is 10.8. The first-order valence-electron chi connectivity index (χ1n) is 11.7. The number of amides is 1. The number of alkyl halides is 6. The topological polar surface area (TPSA) is 80.0 Å². The second-order valence-corrected chi connectivity index (χ2v) is 10.3. The van der Waals surface area contributed by atoms with E-state index in [1.807, 2.05) is 20.8 Å². The van der Waals surface area contributed by atoms with Crippen LogP contribution in [0.25, 0.3) is 0 Å². The molecule has 200 valence electrons. The van der Waals surface area contributed by atoms with E-state index in [0.717, 1.165) is 32.2 Å². The Hall–Kier alpha value is -2.63. The zero-order chi connectivity index (χ0) is 26.7. The molecule has 0 saturated heterocycles. The van der Waals surface area contributed by atoms with Crippen molar-refractivity contribution in [2.24, 2.45) is 11.8 Å². The number of nitrogens with one attached hydrogen (secondary N) is 2. The first-order chi connectivity index (χ1) is 16.6. The Morgan fingerprint density at radius 1 is 0.917 bits per heavy atom. The Morgan fingerprint density at radius 2 is 1.44 bits per heavy atom. The summed E-state index contributed by atoms with van der Waals surface area (Å²) in [6.07, 6.45) is -6.65. The van der Waals surface area contributed by atoms with Crippen molar-refractivity contribution in [3.63, 3.8) is 0 Å². The standard InChI is InChI=1S/C24H30F6N4O2/c1-22(2,3)21-33-19(34-36-21)13-31-11-14-4-6-15(7-5-14)12-32-20(35)16-8-17(23(25,26)27)10-18(9-16)24(28,29)30/h8-10,14-15,31H,4-7,11-13H2,1-3H3,(H,32,35)/t14-,15-. The third-order valence-corrected chi connectivity index (χ3v) is 6.19. The van der Waals surface area contributed by atoms with Gasteiger partial charge in [-0.2, -0.15) is 31.3 Å². The molecule has 0 bridgehead atoms. The molecule has 0 unspecified atom stereocenters. The molecule has 3 rings (SSSR count). The highest BCUT2D eigenvalue weighted by Gasteiger charge is 2.37. The Bertz CT molecular complexity index is 1000. The monoisotopic (exact) mass is 520 g/mol. The summed E-state index contributed by atoms with van der Waals surface area (Å²) >= 11 is 0. The number of benzene rings is 1. The Balaban J connectivity index is 1.45. The quantitative estimate of drug-likeness (QED) is 0.456. The normalized spacial score (nSPS) is 19.4. The van der Waals surface area contributed by atoms with E-state index in [1.165, 1.54) is 0 Å². The molecule has 1 aromatic heterocycles. The fraction of sp³-hybridized carbons (Fsp3) is 0.625. The van der Waals surface area contributed by atoms with Crippen molar-refractivity contribution in [1.82, 2.24) is 20.8 Å². The second-order valence-electron chi connectivity index (χ2n) is 10.3. The maximum Gasteiger partial charge on any atom is 0.416 e. The first-order valence-corrected chi connectivity index (χ1v) is 11.7. The molecule has 2 N–H and O–H groups in total. The lowest BCUT2D eigenvalue weighted by atomic mass is 9.82. The summed E-state index contributed by atoms with van der Waals surface area (Å²) in [5.74, 6) is 0.708. The molecule has 0 atom stereocenters. The molecule has 0 aliphatic heterocycles. The molecule has 1 fully saturated rings. The van der Waals surface area contributed by atoms with Crippen molar-refractivity contribution >= 4 is 5.91 Å². The average molecular weight is 521 g/mol. The molecular formula is C24H30F6N4O2. The maximum atomic E-state index is 13.0. The lowest BCUT2D eigenvalue weighted by Crippen LogP contribution is -2.33. The van der Waals surface area contributed by atoms with Crippen molar-refractivity contribution in [2.75, 3.05) is 13.1 Å². The van der Waals surface area contributed by atoms with Crippen LogP contribution in [0.2, 0.25) is 0 Å². The largest absolute Gasteiger partial charge is 0.416 e. The summed E-state index contributed by atoms with van der Waals surface area (Å²) < 4.78 is 83.4. The zero-order valence-corrected chi connectivity index (χ0v) is 20.3. The van der Waals surface area contributed by atoms with Crippen LogP contribution in [-0.4, -0.2) is 29.1 Å². The van der Waals surface area contributed by atoms with Gasteiger partial charge in [-0.15, -0.1) is 0 Å². The van der Waals surface area contributed by atoms with E-state index in [9.17, 15) is 31.1 Å². The molecule has 12 heteroatoms. The number of hydrogen-bond donors (Lipinski definition) is 2. The van der Waals surface area contributed by atoms with Crippen molar-refractivity contribution in [1.29, 1.82) is 0 Å². The number of halogens is 6. The van der Waals surface area contributed by atoms with Gasteiger partial charge in [0.25, 0.3) is 5.91 Å². The molecule has 1 aliphatic carbocycles. The van der Waals surface area contributed by atoms with Crippen LogP contribution in [0.15, 0.2) is 22.7 Å². The van der Waals surface area contributed by atoms with E-state index >= 15 is 0 Å². The molecule has 1 aliphatic rings. The third-order valence-electron chi connectivity index (χ3n) is 6.19. The van der Waals surface area contributed by atoms with E-state index < -0.39 is 35.0 Å². The lowest BCUT2D eigenvalue weighted by molar-refractivity contribution is -0.143. The third kappa shape index (κ3) is 7.68. The minimum absolute atomic E-state index is 0.00821. The average Bonchev–Trinajstić information content (AvgIpc) is 3.26. The number of rotatable bonds is 7. The molecule has 0 radical (unpaired) electrons. The van der Waals surface area contributed by atoms with Crippen molar-refractivity contribution in [2.45, 2.75) is 70.8 Å². The minimum atomic E-state index is -5.00. The summed E-state index contributed by atoms with van der Waals surface area (Å²) in [5.41, 5.74) is -3.90. The number of nitrogens with zero attached hydrogens (tertiary/aromatic N) is 2. The van der Waals surface area contributed by atoms with Gasteiger partial charge < -0.3 is 15.2 Å². The molecule has 1 saturated carbocycles. The zero-order valence-electron chi connectivity index (χ0n) is 20.3. The van der Waals surface area contributed by atoms with Gasteiger partial charge in [0.1, 0.15) is 0 Å². The van der Waals surface area contributed by atoms with Crippen LogP contribution < -0.4 is 10.6 Å². The van der Waals surface area contributed by atoms with Gasteiger partial charge in [-0.25, -0.2) is 0 Å². The number of carbonyl (C=O) groups is 1. The van der Waals surface area contributed by atoms with E-state index in [-0.39, 0.29) is 23.9 Å². The molecule has 1 aromatic carbocycles. The van der Waals surface area contributed by atoms with Gasteiger partial charge in [0.2, 0.25) is 5.89 Å². The molecule has 6 nitrogen and oxygen atoms in total. The predicted molar refractivity (Wildman–Crippen MR) is 119 cm³/mol. The van der Waals surface area contributed by atoms with Gasteiger partial charge in [-0.05, 0) is 62.3 Å². The van der Waals surface area contributed by atoms with Crippen LogP contribution in [0.5, 0.6) is 0 Å². The molecule has 0 spiro atoms. The SMILES string of the molecule is CC(C)(C)c1nc(CNC[C@H]2CC[C@H](CNC(=O)c3cc(C(F)(F)F)cc(C(F)(F)F)c3)CC2)no1. The molecule has 2 aromatic rings. The van der Waals surface area contributed by atoms with Crippen LogP contribution in [0.1, 0.15) is 79.7 Å². The van der Waals surface area contributed by atoms with Crippen LogP contribution >= 0.6 is 0 Å². The van der Waals surface area contributed by atoms with Gasteiger partial charge >= 0.3 is 12.4 Å². The van der Waals surface area contributed by atoms with Crippen LogP contribution in [0, 0.1) is 11.8 Å². The number of carbonyl (C=O) groups excluding carboxylic acids is 1. The van der Waals surface area contributed by atoms with Crippen LogP contribution in [0.3, 0.4) is 0 Å². The van der Waals surface area contributed by atoms with E-state index in [4.69, 9.17) is 4.52 Å². The van der Waals surface area contributed by atoms with Crippen LogP contribution in [-0.2, 0) is 24.3 Å². The smallest absolute Gasteiger partial charge is 0.352 e. The summed E-state index contributed by atoms with van der Waals surface area (Å²) in [6.45, 7) is 7.37. The maximum absolute atomic E-state index is 13.0. The minimum Gasteiger partial charge on any atom is -0.352 e. The van der Waals surface area contributed by atoms with Crippen molar-refractivity contribution in [3.8, 4) is 0 Å². The fourth-order valence-electron chi connectivity index (χ4n) is 4.08. The Labute approximate surface area is 205 Å². The van der Waals surface area contributed by atoms with Crippen LogP contribution in [0.4, 0.5) is 26.3 Å². The van der Waals surface area contributed by atoms with Gasteiger partial charge in [-0.1, -0.05) is 25.9 Å². The summed E-state index contributed by atoms with van der Waals surface area (Å²) in [7, 11) is 0. The van der Waals surface area contributed by atoms with E-state index in [1.54, 1.807) is 0 Å². The number of aromatic nitrogens is 2. The molecule has 1 amide bonds. The Morgan fingerprint density at radius 3 is 1.92 bits per heavy atom. The molecular weight excluding hydrogens is 490 g/mol. The van der Waals surface area contributed by atoms with E-state index in [2.05, 4.69) is 20.8 Å². The highest BCUT2D eigenvalue weighted by Crippen LogP contribution is 2.36. The Kier molecular flexibility index (Phi) is 8.37. The number of hydrogen-bond acceptors (Lipinski definition) is 5. The summed E-state index contributed by atoms with van der Waals surface area (Å²) in [5, 5.41) is 9.79. The summed E-state index contributed by atoms with van der Waals surface area (Å²) in [6, 6.07) is 0.900. The van der Waals surface area contributed by atoms with Gasteiger partial charge in [0, 0.05) is 17.5 Å². The summed E-state index contributed by atoms with van der Waals surface area (Å²) in [4.78, 5) is 16.7. The highest BCUT2D eigenvalue weighted by atomic mass is 19.4. The highest BCUT2D eigenvalue weighted by molar-refractivity contribution is 5.94. The van der Waals surface area contributed by atoms with Gasteiger partial charge in [0.15, 0.2) is 5.82 Å².